The standard InChI is InChI=1S/C18H30O3/c1-5-6-7-8-9-12-18(2,19)14-15-10-11-16(20-3)17(13-15)21-4/h10-11,13,19H,5-9,12,14H2,1-4H3. The number of methoxy groups -OCH3 is 2. The Hall–Kier alpha value is -1.22. The Morgan fingerprint density at radius 2 is 1.67 bits per heavy atom. The molecule has 0 aliphatic rings. The van der Waals surface area contributed by atoms with Crippen molar-refractivity contribution >= 4 is 0 Å². The molecule has 0 spiro atoms. The molecule has 0 fully saturated rings. The SMILES string of the molecule is CCCCCCCC(C)(O)Cc1ccc(OC)c(OC)c1. The van der Waals surface area contributed by atoms with Gasteiger partial charge in [-0.15, -0.1) is 0 Å². The largest absolute Gasteiger partial charge is 0.493 e. The lowest BCUT2D eigenvalue weighted by Gasteiger charge is -2.24. The van der Waals surface area contributed by atoms with Crippen molar-refractivity contribution < 1.29 is 14.6 Å². The first-order chi connectivity index (χ1) is 10.0. The van der Waals surface area contributed by atoms with E-state index in [9.17, 15) is 5.11 Å². The quantitative estimate of drug-likeness (QED) is 0.652. The first kappa shape index (κ1) is 17.8. The summed E-state index contributed by atoms with van der Waals surface area (Å²) in [5, 5.41) is 10.5. The van der Waals surface area contributed by atoms with E-state index < -0.39 is 5.60 Å². The van der Waals surface area contributed by atoms with Crippen LogP contribution >= 0.6 is 0 Å². The maximum Gasteiger partial charge on any atom is 0.160 e. The van der Waals surface area contributed by atoms with E-state index in [1.54, 1.807) is 14.2 Å². The van der Waals surface area contributed by atoms with Crippen molar-refractivity contribution in [3.63, 3.8) is 0 Å². The Balaban J connectivity index is 2.54. The monoisotopic (exact) mass is 294 g/mol. The second-order valence-corrected chi connectivity index (χ2v) is 6.03. The fraction of sp³-hybridized carbons (Fsp3) is 0.667. The molecule has 1 N–H and O–H groups in total. The number of rotatable bonds is 10. The predicted octanol–water partition coefficient (Wildman–Crippen LogP) is 4.36. The zero-order chi connectivity index (χ0) is 15.7. The van der Waals surface area contributed by atoms with Gasteiger partial charge >= 0.3 is 0 Å². The van der Waals surface area contributed by atoms with Gasteiger partial charge in [0.15, 0.2) is 11.5 Å². The molecule has 0 aliphatic carbocycles. The van der Waals surface area contributed by atoms with Crippen molar-refractivity contribution in [2.45, 2.75) is 64.4 Å². The molecule has 3 nitrogen and oxygen atoms in total. The zero-order valence-corrected chi connectivity index (χ0v) is 13.9. The van der Waals surface area contributed by atoms with Gasteiger partial charge in [0.2, 0.25) is 0 Å². The van der Waals surface area contributed by atoms with Crippen LogP contribution in [0.2, 0.25) is 0 Å². The highest BCUT2D eigenvalue weighted by Gasteiger charge is 2.21. The summed E-state index contributed by atoms with van der Waals surface area (Å²) in [5.74, 6) is 1.44. The summed E-state index contributed by atoms with van der Waals surface area (Å²) in [6, 6.07) is 5.84. The molecule has 0 amide bonds. The summed E-state index contributed by atoms with van der Waals surface area (Å²) in [6.45, 7) is 4.14. The van der Waals surface area contributed by atoms with Gasteiger partial charge in [-0.3, -0.25) is 0 Å². The van der Waals surface area contributed by atoms with Crippen LogP contribution in [0.15, 0.2) is 18.2 Å². The number of ether oxygens (including phenoxy) is 2. The highest BCUT2D eigenvalue weighted by molar-refractivity contribution is 5.43. The summed E-state index contributed by atoms with van der Waals surface area (Å²) < 4.78 is 10.5. The molecule has 0 saturated heterocycles. The third kappa shape index (κ3) is 6.38. The van der Waals surface area contributed by atoms with Crippen molar-refractivity contribution in [3.05, 3.63) is 23.8 Å². The number of unbranched alkanes of at least 4 members (excludes halogenated alkanes) is 4. The molecule has 0 aliphatic heterocycles. The Bertz CT molecular complexity index is 413. The third-order valence-electron chi connectivity index (χ3n) is 3.85. The van der Waals surface area contributed by atoms with Gasteiger partial charge in [-0.1, -0.05) is 45.1 Å². The molecular weight excluding hydrogens is 264 g/mol. The van der Waals surface area contributed by atoms with Crippen LogP contribution < -0.4 is 9.47 Å². The predicted molar refractivity (Wildman–Crippen MR) is 87.2 cm³/mol. The Labute approximate surface area is 129 Å². The van der Waals surface area contributed by atoms with E-state index >= 15 is 0 Å². The van der Waals surface area contributed by atoms with E-state index in [1.807, 2.05) is 25.1 Å². The van der Waals surface area contributed by atoms with Gasteiger partial charge in [-0.05, 0) is 31.0 Å². The topological polar surface area (TPSA) is 38.7 Å². The normalized spacial score (nSPS) is 13.8. The summed E-state index contributed by atoms with van der Waals surface area (Å²) in [6.07, 6.45) is 7.57. The molecule has 0 aromatic heterocycles. The van der Waals surface area contributed by atoms with Gasteiger partial charge in [0.1, 0.15) is 0 Å². The minimum atomic E-state index is -0.661. The van der Waals surface area contributed by atoms with Crippen molar-refractivity contribution in [2.24, 2.45) is 0 Å². The molecule has 3 heteroatoms. The lowest BCUT2D eigenvalue weighted by molar-refractivity contribution is 0.0484. The molecule has 21 heavy (non-hydrogen) atoms. The highest BCUT2D eigenvalue weighted by atomic mass is 16.5. The van der Waals surface area contributed by atoms with Gasteiger partial charge in [-0.2, -0.15) is 0 Å². The number of benzene rings is 1. The smallest absolute Gasteiger partial charge is 0.160 e. The van der Waals surface area contributed by atoms with Gasteiger partial charge in [0.05, 0.1) is 19.8 Å². The van der Waals surface area contributed by atoms with Crippen molar-refractivity contribution in [1.82, 2.24) is 0 Å². The minimum absolute atomic E-state index is 0.640. The maximum absolute atomic E-state index is 10.5. The van der Waals surface area contributed by atoms with Crippen LogP contribution in [0, 0.1) is 0 Å². The molecule has 0 heterocycles. The number of aliphatic hydroxyl groups is 1. The molecular formula is C18H30O3. The van der Waals surface area contributed by atoms with E-state index in [4.69, 9.17) is 9.47 Å². The molecule has 120 valence electrons. The van der Waals surface area contributed by atoms with E-state index in [0.717, 1.165) is 24.2 Å². The number of hydrogen-bond acceptors (Lipinski definition) is 3. The third-order valence-corrected chi connectivity index (χ3v) is 3.85. The minimum Gasteiger partial charge on any atom is -0.493 e. The molecule has 1 aromatic rings. The van der Waals surface area contributed by atoms with Crippen molar-refractivity contribution in [3.8, 4) is 11.5 Å². The maximum atomic E-state index is 10.5. The van der Waals surface area contributed by atoms with E-state index in [1.165, 1.54) is 25.7 Å². The fourth-order valence-corrected chi connectivity index (χ4v) is 2.63. The Morgan fingerprint density at radius 3 is 2.29 bits per heavy atom. The summed E-state index contributed by atoms with van der Waals surface area (Å²) in [7, 11) is 3.26. The molecule has 1 atom stereocenters. The zero-order valence-electron chi connectivity index (χ0n) is 13.9. The molecule has 1 unspecified atom stereocenters. The molecule has 1 rings (SSSR count). The number of hydrogen-bond donors (Lipinski definition) is 1. The van der Waals surface area contributed by atoms with Gasteiger partial charge in [-0.25, -0.2) is 0 Å². The van der Waals surface area contributed by atoms with Gasteiger partial charge in [0.25, 0.3) is 0 Å². The first-order valence-corrected chi connectivity index (χ1v) is 7.95. The molecule has 0 radical (unpaired) electrons. The first-order valence-electron chi connectivity index (χ1n) is 7.95. The van der Waals surface area contributed by atoms with E-state index in [0.29, 0.717) is 12.2 Å². The second kappa shape index (κ2) is 8.93. The van der Waals surface area contributed by atoms with Gasteiger partial charge in [0, 0.05) is 6.42 Å². The average Bonchev–Trinajstić information content (AvgIpc) is 2.46. The second-order valence-electron chi connectivity index (χ2n) is 6.03. The summed E-state index contributed by atoms with van der Waals surface area (Å²) >= 11 is 0. The lowest BCUT2D eigenvalue weighted by atomic mass is 9.90. The average molecular weight is 294 g/mol. The van der Waals surface area contributed by atoms with E-state index in [2.05, 4.69) is 6.92 Å². The van der Waals surface area contributed by atoms with Crippen LogP contribution in [-0.4, -0.2) is 24.9 Å². The van der Waals surface area contributed by atoms with Crippen LogP contribution in [0.4, 0.5) is 0 Å². The van der Waals surface area contributed by atoms with Crippen LogP contribution in [0.1, 0.15) is 57.9 Å². The lowest BCUT2D eigenvalue weighted by Crippen LogP contribution is -2.27. The molecule has 0 bridgehead atoms. The fourth-order valence-electron chi connectivity index (χ4n) is 2.63. The highest BCUT2D eigenvalue weighted by Crippen LogP contribution is 2.30. The van der Waals surface area contributed by atoms with Crippen LogP contribution in [0.25, 0.3) is 0 Å². The molecule has 1 aromatic carbocycles. The van der Waals surface area contributed by atoms with Crippen molar-refractivity contribution in [1.29, 1.82) is 0 Å². The Kier molecular flexibility index (Phi) is 7.58. The van der Waals surface area contributed by atoms with Gasteiger partial charge < -0.3 is 14.6 Å². The molecule has 0 saturated carbocycles. The Morgan fingerprint density at radius 1 is 1.00 bits per heavy atom. The van der Waals surface area contributed by atoms with E-state index in [-0.39, 0.29) is 0 Å². The van der Waals surface area contributed by atoms with Crippen LogP contribution in [-0.2, 0) is 6.42 Å². The van der Waals surface area contributed by atoms with Crippen LogP contribution in [0.3, 0.4) is 0 Å². The van der Waals surface area contributed by atoms with Crippen LogP contribution in [0.5, 0.6) is 11.5 Å². The summed E-state index contributed by atoms with van der Waals surface area (Å²) in [4.78, 5) is 0. The van der Waals surface area contributed by atoms with Crippen molar-refractivity contribution in [2.75, 3.05) is 14.2 Å². The summed E-state index contributed by atoms with van der Waals surface area (Å²) in [5.41, 5.74) is 0.414.